The van der Waals surface area contributed by atoms with E-state index >= 15 is 0 Å². The van der Waals surface area contributed by atoms with E-state index in [-0.39, 0.29) is 5.91 Å². The zero-order valence-corrected chi connectivity index (χ0v) is 16.2. The first-order valence-corrected chi connectivity index (χ1v) is 10.3. The Morgan fingerprint density at radius 2 is 1.79 bits per heavy atom. The quantitative estimate of drug-likeness (QED) is 0.434. The molecule has 0 atom stereocenters. The number of hydrogen-bond acceptors (Lipinski definition) is 5. The summed E-state index contributed by atoms with van der Waals surface area (Å²) in [5.74, 6) is -0.238. The molecule has 0 saturated heterocycles. The highest BCUT2D eigenvalue weighted by molar-refractivity contribution is 7.22. The molecule has 1 amide bonds. The van der Waals surface area contributed by atoms with Gasteiger partial charge in [-0.2, -0.15) is 5.10 Å². The predicted octanol–water partition coefficient (Wildman–Crippen LogP) is 5.46. The lowest BCUT2D eigenvalue weighted by molar-refractivity contribution is 0.101. The van der Waals surface area contributed by atoms with Crippen LogP contribution in [0.1, 0.15) is 10.5 Å². The number of rotatable bonds is 4. The maximum Gasteiger partial charge on any atom is 0.276 e. The smallest absolute Gasteiger partial charge is 0.276 e. The number of carbonyl (C=O) groups excluding carboxylic acids is 1. The molecule has 2 aromatic carbocycles. The molecule has 0 bridgehead atoms. The second kappa shape index (κ2) is 7.03. The van der Waals surface area contributed by atoms with Gasteiger partial charge in [0, 0.05) is 0 Å². The summed E-state index contributed by atoms with van der Waals surface area (Å²) < 4.78 is 2.71. The van der Waals surface area contributed by atoms with Gasteiger partial charge >= 0.3 is 0 Å². The summed E-state index contributed by atoms with van der Waals surface area (Å²) in [6.45, 7) is 0. The summed E-state index contributed by atoms with van der Waals surface area (Å²) in [6.07, 6.45) is 0. The van der Waals surface area contributed by atoms with Gasteiger partial charge < -0.3 is 0 Å². The average molecular weight is 403 g/mol. The molecule has 5 rings (SSSR count). The molecule has 0 unspecified atom stereocenters. The number of amides is 1. The maximum atomic E-state index is 13.1. The molecule has 0 aliphatic heterocycles. The van der Waals surface area contributed by atoms with Crippen molar-refractivity contribution in [3.05, 3.63) is 83.9 Å². The van der Waals surface area contributed by atoms with Crippen molar-refractivity contribution >= 4 is 43.9 Å². The van der Waals surface area contributed by atoms with Crippen molar-refractivity contribution in [3.63, 3.8) is 0 Å². The Hall–Kier alpha value is -3.29. The number of thiazole rings is 1. The van der Waals surface area contributed by atoms with E-state index in [1.807, 2.05) is 78.2 Å². The minimum atomic E-state index is -0.238. The normalized spacial score (nSPS) is 11.0. The number of hydrogen-bond donors (Lipinski definition) is 1. The van der Waals surface area contributed by atoms with E-state index in [9.17, 15) is 4.79 Å². The molecule has 1 N–H and O–H groups in total. The lowest BCUT2D eigenvalue weighted by Crippen LogP contribution is -2.16. The van der Waals surface area contributed by atoms with Crippen molar-refractivity contribution in [3.8, 4) is 16.3 Å². The van der Waals surface area contributed by atoms with Gasteiger partial charge in [0.1, 0.15) is 11.4 Å². The third-order valence-electron chi connectivity index (χ3n) is 4.23. The van der Waals surface area contributed by atoms with E-state index in [0.717, 1.165) is 26.5 Å². The van der Waals surface area contributed by atoms with Gasteiger partial charge in [-0.15, -0.1) is 11.3 Å². The third-order valence-corrected chi connectivity index (χ3v) is 6.07. The molecule has 28 heavy (non-hydrogen) atoms. The molecule has 0 spiro atoms. The first-order valence-electron chi connectivity index (χ1n) is 8.64. The van der Waals surface area contributed by atoms with Crippen LogP contribution in [0.5, 0.6) is 0 Å². The first-order chi connectivity index (χ1) is 13.8. The Morgan fingerprint density at radius 1 is 0.964 bits per heavy atom. The lowest BCUT2D eigenvalue weighted by atomic mass is 10.3. The van der Waals surface area contributed by atoms with E-state index in [1.165, 1.54) is 11.3 Å². The van der Waals surface area contributed by atoms with E-state index in [2.05, 4.69) is 15.4 Å². The molecule has 0 aliphatic rings. The number of thiophene rings is 1. The number of fused-ring (bicyclic) bond motifs is 1. The van der Waals surface area contributed by atoms with E-state index in [0.29, 0.717) is 10.8 Å². The lowest BCUT2D eigenvalue weighted by Gasteiger charge is -2.06. The molecule has 136 valence electrons. The van der Waals surface area contributed by atoms with Gasteiger partial charge in [-0.25, -0.2) is 9.67 Å². The third kappa shape index (κ3) is 3.11. The summed E-state index contributed by atoms with van der Waals surface area (Å²) in [7, 11) is 0. The van der Waals surface area contributed by atoms with Crippen molar-refractivity contribution in [2.75, 3.05) is 5.32 Å². The maximum absolute atomic E-state index is 13.1. The Bertz CT molecular complexity index is 1220. The SMILES string of the molecule is O=C(Nc1nc2ccccc2s1)c1cc(-c2cccs2)nn1-c1ccccc1. The number of nitrogens with one attached hydrogen (secondary N) is 1. The van der Waals surface area contributed by atoms with Crippen LogP contribution in [0.4, 0.5) is 5.13 Å². The van der Waals surface area contributed by atoms with Crippen molar-refractivity contribution in [2.24, 2.45) is 0 Å². The van der Waals surface area contributed by atoms with Crippen LogP contribution in [-0.2, 0) is 0 Å². The Labute approximate surface area is 168 Å². The van der Waals surface area contributed by atoms with E-state index < -0.39 is 0 Å². The van der Waals surface area contributed by atoms with Gasteiger partial charge in [-0.05, 0) is 41.8 Å². The largest absolute Gasteiger partial charge is 0.296 e. The molecule has 0 fully saturated rings. The molecule has 0 radical (unpaired) electrons. The topological polar surface area (TPSA) is 59.8 Å². The molecular formula is C21H14N4OS2. The number of nitrogens with zero attached hydrogens (tertiary/aromatic N) is 3. The average Bonchev–Trinajstić information content (AvgIpc) is 3.46. The van der Waals surface area contributed by atoms with Crippen LogP contribution in [0.3, 0.4) is 0 Å². The monoisotopic (exact) mass is 402 g/mol. The van der Waals surface area contributed by atoms with Gasteiger partial charge in [-0.1, -0.05) is 47.7 Å². The first kappa shape index (κ1) is 16.9. The Balaban J connectivity index is 1.54. The molecule has 5 nitrogen and oxygen atoms in total. The van der Waals surface area contributed by atoms with Gasteiger partial charge in [-0.3, -0.25) is 10.1 Å². The molecule has 3 aromatic heterocycles. The van der Waals surface area contributed by atoms with Crippen molar-refractivity contribution < 1.29 is 4.79 Å². The standard InChI is InChI=1S/C21H14N4OS2/c26-20(23-21-22-15-9-4-5-10-19(15)28-21)17-13-16(18-11-6-12-27-18)24-25(17)14-7-2-1-3-8-14/h1-13H,(H,22,23,26). The second-order valence-corrected chi connectivity index (χ2v) is 8.06. The fourth-order valence-electron chi connectivity index (χ4n) is 2.94. The zero-order valence-electron chi connectivity index (χ0n) is 14.6. The second-order valence-electron chi connectivity index (χ2n) is 6.08. The van der Waals surface area contributed by atoms with Crippen LogP contribution in [0.15, 0.2) is 78.2 Å². The van der Waals surface area contributed by atoms with Crippen LogP contribution < -0.4 is 5.32 Å². The van der Waals surface area contributed by atoms with Crippen LogP contribution in [-0.4, -0.2) is 20.7 Å². The van der Waals surface area contributed by atoms with Crippen molar-refractivity contribution in [1.29, 1.82) is 0 Å². The Kier molecular flexibility index (Phi) is 4.23. The number of aromatic nitrogens is 3. The van der Waals surface area contributed by atoms with Crippen LogP contribution in [0.2, 0.25) is 0 Å². The highest BCUT2D eigenvalue weighted by Crippen LogP contribution is 2.28. The van der Waals surface area contributed by atoms with Crippen molar-refractivity contribution in [2.45, 2.75) is 0 Å². The van der Waals surface area contributed by atoms with Crippen LogP contribution in [0, 0.1) is 0 Å². The fraction of sp³-hybridized carbons (Fsp3) is 0. The van der Waals surface area contributed by atoms with Gasteiger partial charge in [0.15, 0.2) is 5.13 Å². The molecule has 5 aromatic rings. The summed E-state index contributed by atoms with van der Waals surface area (Å²) in [5, 5.41) is 10.2. The van der Waals surface area contributed by atoms with Gasteiger partial charge in [0.25, 0.3) is 5.91 Å². The minimum absolute atomic E-state index is 0.238. The van der Waals surface area contributed by atoms with E-state index in [4.69, 9.17) is 0 Å². The van der Waals surface area contributed by atoms with Crippen LogP contribution in [0.25, 0.3) is 26.5 Å². The summed E-state index contributed by atoms with van der Waals surface area (Å²) in [5.41, 5.74) is 2.94. The highest BCUT2D eigenvalue weighted by Gasteiger charge is 2.19. The molecule has 0 saturated carbocycles. The number of anilines is 1. The molecular weight excluding hydrogens is 388 g/mol. The summed E-state index contributed by atoms with van der Waals surface area (Å²) in [4.78, 5) is 18.6. The number of carbonyl (C=O) groups is 1. The van der Waals surface area contributed by atoms with Crippen molar-refractivity contribution in [1.82, 2.24) is 14.8 Å². The highest BCUT2D eigenvalue weighted by atomic mass is 32.1. The van der Waals surface area contributed by atoms with Gasteiger partial charge in [0.05, 0.1) is 20.8 Å². The predicted molar refractivity (Wildman–Crippen MR) is 114 cm³/mol. The van der Waals surface area contributed by atoms with Crippen LogP contribution >= 0.6 is 22.7 Å². The summed E-state index contributed by atoms with van der Waals surface area (Å²) in [6, 6.07) is 23.3. The molecule has 7 heteroatoms. The van der Waals surface area contributed by atoms with Gasteiger partial charge in [0.2, 0.25) is 0 Å². The minimum Gasteiger partial charge on any atom is -0.296 e. The number of benzene rings is 2. The Morgan fingerprint density at radius 3 is 2.57 bits per heavy atom. The summed E-state index contributed by atoms with van der Waals surface area (Å²) >= 11 is 3.05. The fourth-order valence-corrected chi connectivity index (χ4v) is 4.48. The molecule has 0 aliphatic carbocycles. The molecule has 3 heterocycles. The zero-order chi connectivity index (χ0) is 18.9. The van der Waals surface area contributed by atoms with E-state index in [1.54, 1.807) is 16.0 Å². The number of para-hydroxylation sites is 2.